The van der Waals surface area contributed by atoms with Crippen LogP contribution in [0.1, 0.15) is 35.4 Å². The molecule has 4 heterocycles. The van der Waals surface area contributed by atoms with Crippen molar-refractivity contribution in [2.75, 3.05) is 18.4 Å². The topological polar surface area (TPSA) is 95.2 Å². The van der Waals surface area contributed by atoms with Gasteiger partial charge in [0, 0.05) is 52.2 Å². The van der Waals surface area contributed by atoms with Crippen molar-refractivity contribution in [2.45, 2.75) is 31.6 Å². The van der Waals surface area contributed by atoms with Crippen LogP contribution in [0.25, 0.3) is 33.5 Å². The number of fused-ring (bicyclic) bond motifs is 1. The molecule has 0 saturated carbocycles. The lowest BCUT2D eigenvalue weighted by atomic mass is 10.0. The van der Waals surface area contributed by atoms with Gasteiger partial charge in [0.1, 0.15) is 9.90 Å². The van der Waals surface area contributed by atoms with Crippen LogP contribution in [-0.4, -0.2) is 41.7 Å². The van der Waals surface area contributed by atoms with Crippen LogP contribution < -0.4 is 5.32 Å². The third kappa shape index (κ3) is 4.13. The summed E-state index contributed by atoms with van der Waals surface area (Å²) in [5.74, 6) is -0.217. The van der Waals surface area contributed by atoms with Gasteiger partial charge in [-0.05, 0) is 50.5 Å². The van der Waals surface area contributed by atoms with Crippen molar-refractivity contribution >= 4 is 44.6 Å². The van der Waals surface area contributed by atoms with E-state index in [0.717, 1.165) is 45.9 Å². The number of thiazole rings is 1. The lowest BCUT2D eigenvalue weighted by molar-refractivity contribution is -0.110. The average Bonchev–Trinajstić information content (AvgIpc) is 3.68. The molecule has 0 spiro atoms. The number of nitrogens with one attached hydrogen (secondary N) is 2. The fraction of sp³-hybridized carbons (Fsp3) is 0.214. The largest absolute Gasteiger partial charge is 0.358 e. The summed E-state index contributed by atoms with van der Waals surface area (Å²) in [6, 6.07) is 15.8. The summed E-state index contributed by atoms with van der Waals surface area (Å²) in [4.78, 5) is 21.3. The number of benzene rings is 2. The van der Waals surface area contributed by atoms with Crippen molar-refractivity contribution in [1.29, 1.82) is 0 Å². The van der Waals surface area contributed by atoms with Crippen LogP contribution in [0.2, 0.25) is 0 Å². The summed E-state index contributed by atoms with van der Waals surface area (Å²) in [6.07, 6.45) is 3.51. The number of aromatic nitrogens is 2. The molecule has 6 rings (SSSR count). The number of anilines is 1. The smallest absolute Gasteiger partial charge is 0.256 e. The minimum absolute atomic E-state index is 0.217. The molecule has 2 aromatic carbocycles. The van der Waals surface area contributed by atoms with E-state index < -0.39 is 10.0 Å². The summed E-state index contributed by atoms with van der Waals surface area (Å²) < 4.78 is 28.1. The van der Waals surface area contributed by atoms with Gasteiger partial charge in [0.2, 0.25) is 10.0 Å². The molecule has 1 saturated heterocycles. The number of aryl methyl sites for hydroxylation is 1. The Kier molecular flexibility index (Phi) is 5.86. The molecule has 4 aromatic rings. The number of amides is 1. The Bertz CT molecular complexity index is 1660. The number of H-pyrrole nitrogens is 1. The van der Waals surface area contributed by atoms with E-state index in [1.54, 1.807) is 35.6 Å². The van der Waals surface area contributed by atoms with Gasteiger partial charge in [0.25, 0.3) is 5.91 Å². The Hall–Kier alpha value is -3.53. The van der Waals surface area contributed by atoms with E-state index in [0.29, 0.717) is 40.5 Å². The summed E-state index contributed by atoms with van der Waals surface area (Å²) >= 11 is 1.58. The molecule has 2 aliphatic rings. The lowest BCUT2D eigenvalue weighted by Gasteiger charge is -2.16. The van der Waals surface area contributed by atoms with E-state index >= 15 is 0 Å². The van der Waals surface area contributed by atoms with Crippen LogP contribution in [0.3, 0.4) is 0 Å². The van der Waals surface area contributed by atoms with Gasteiger partial charge < -0.3 is 10.3 Å². The van der Waals surface area contributed by atoms with Crippen molar-refractivity contribution in [1.82, 2.24) is 14.3 Å². The SMILES string of the molecule is Cc1[nH]c(/C=C2\C(=O)Nc3ccc(-c4csc(-c5ccccc5)n4)cc32)c(C)c1S(=O)(=O)N1CCCC1. The maximum atomic E-state index is 13.3. The van der Waals surface area contributed by atoms with Crippen LogP contribution in [0.15, 0.2) is 58.8 Å². The van der Waals surface area contributed by atoms with Gasteiger partial charge in [-0.25, -0.2) is 13.4 Å². The van der Waals surface area contributed by atoms with Crippen molar-refractivity contribution in [2.24, 2.45) is 0 Å². The van der Waals surface area contributed by atoms with Gasteiger partial charge >= 0.3 is 0 Å². The van der Waals surface area contributed by atoms with Crippen molar-refractivity contribution < 1.29 is 13.2 Å². The fourth-order valence-corrected chi connectivity index (χ4v) is 7.87. The maximum absolute atomic E-state index is 13.3. The number of hydrogen-bond acceptors (Lipinski definition) is 5. The molecule has 0 aliphatic carbocycles. The molecular weight excluding hydrogens is 504 g/mol. The summed E-state index contributed by atoms with van der Waals surface area (Å²) in [7, 11) is -3.59. The number of carbonyl (C=O) groups excluding carboxylic acids is 1. The van der Waals surface area contributed by atoms with E-state index in [2.05, 4.69) is 10.3 Å². The Morgan fingerprint density at radius 3 is 2.54 bits per heavy atom. The van der Waals surface area contributed by atoms with Crippen LogP contribution in [0.5, 0.6) is 0 Å². The highest BCUT2D eigenvalue weighted by Gasteiger charge is 2.32. The first kappa shape index (κ1) is 23.8. The fourth-order valence-electron chi connectivity index (χ4n) is 5.10. The highest BCUT2D eigenvalue weighted by molar-refractivity contribution is 7.89. The van der Waals surface area contributed by atoms with Gasteiger partial charge in [-0.3, -0.25) is 4.79 Å². The van der Waals surface area contributed by atoms with Crippen LogP contribution in [0.4, 0.5) is 5.69 Å². The zero-order chi connectivity index (χ0) is 25.7. The summed E-state index contributed by atoms with van der Waals surface area (Å²) in [6.45, 7) is 4.66. The zero-order valence-corrected chi connectivity index (χ0v) is 22.2. The van der Waals surface area contributed by atoms with E-state index in [4.69, 9.17) is 4.98 Å². The van der Waals surface area contributed by atoms with Gasteiger partial charge in [0.05, 0.1) is 11.3 Å². The maximum Gasteiger partial charge on any atom is 0.256 e. The third-order valence-electron chi connectivity index (χ3n) is 6.98. The van der Waals surface area contributed by atoms with E-state index in [1.165, 1.54) is 0 Å². The monoisotopic (exact) mass is 530 g/mol. The first-order valence-electron chi connectivity index (χ1n) is 12.2. The second-order valence-corrected chi connectivity index (χ2v) is 12.1. The Morgan fingerprint density at radius 1 is 1.03 bits per heavy atom. The molecule has 0 radical (unpaired) electrons. The molecule has 9 heteroatoms. The predicted molar refractivity (Wildman–Crippen MR) is 148 cm³/mol. The van der Waals surface area contributed by atoms with Gasteiger partial charge in [-0.1, -0.05) is 36.4 Å². The quantitative estimate of drug-likeness (QED) is 0.324. The number of carbonyl (C=O) groups is 1. The normalized spacial score (nSPS) is 16.9. The molecule has 0 unspecified atom stereocenters. The number of rotatable bonds is 5. The Morgan fingerprint density at radius 2 is 1.78 bits per heavy atom. The number of hydrogen-bond donors (Lipinski definition) is 2. The minimum Gasteiger partial charge on any atom is -0.358 e. The molecule has 1 fully saturated rings. The van der Waals surface area contributed by atoms with Gasteiger partial charge in [-0.15, -0.1) is 11.3 Å². The van der Waals surface area contributed by atoms with E-state index in [1.807, 2.05) is 53.9 Å². The second-order valence-electron chi connectivity index (χ2n) is 9.41. The lowest BCUT2D eigenvalue weighted by Crippen LogP contribution is -2.28. The molecule has 188 valence electrons. The van der Waals surface area contributed by atoms with Crippen molar-refractivity contribution in [3.8, 4) is 21.8 Å². The molecule has 2 N–H and O–H groups in total. The van der Waals surface area contributed by atoms with Gasteiger partial charge in [-0.2, -0.15) is 4.31 Å². The molecular formula is C28H26N4O3S2. The highest BCUT2D eigenvalue weighted by Crippen LogP contribution is 2.38. The predicted octanol–water partition coefficient (Wildman–Crippen LogP) is 5.70. The van der Waals surface area contributed by atoms with Crippen molar-refractivity contribution in [3.05, 3.63) is 76.4 Å². The third-order valence-corrected chi connectivity index (χ3v) is 10.0. The standard InChI is InChI=1S/C28H26N4O3S2/c1-17-24(29-18(2)26(17)37(34,35)32-12-6-7-13-32)15-22-21-14-20(10-11-23(21)30-27(22)33)25-16-36-28(31-25)19-8-4-3-5-9-19/h3-5,8-11,14-16,29H,6-7,12-13H2,1-2H3,(H,30,33)/b22-15-. The molecule has 2 aliphatic heterocycles. The molecule has 0 bridgehead atoms. The van der Waals surface area contributed by atoms with E-state index in [-0.39, 0.29) is 5.91 Å². The van der Waals surface area contributed by atoms with Crippen LogP contribution in [0, 0.1) is 13.8 Å². The number of aromatic amines is 1. The highest BCUT2D eigenvalue weighted by atomic mass is 32.2. The molecule has 7 nitrogen and oxygen atoms in total. The molecule has 37 heavy (non-hydrogen) atoms. The summed E-state index contributed by atoms with van der Waals surface area (Å²) in [5, 5.41) is 5.88. The molecule has 1 amide bonds. The van der Waals surface area contributed by atoms with Gasteiger partial charge in [0.15, 0.2) is 0 Å². The van der Waals surface area contributed by atoms with Crippen molar-refractivity contribution in [3.63, 3.8) is 0 Å². The molecule has 2 aromatic heterocycles. The van der Waals surface area contributed by atoms with Crippen LogP contribution >= 0.6 is 11.3 Å². The molecule has 0 atom stereocenters. The first-order valence-corrected chi connectivity index (χ1v) is 14.5. The number of nitrogens with zero attached hydrogens (tertiary/aromatic N) is 2. The zero-order valence-electron chi connectivity index (χ0n) is 20.5. The first-order chi connectivity index (χ1) is 17.8. The van der Waals surface area contributed by atoms with E-state index in [9.17, 15) is 13.2 Å². The summed E-state index contributed by atoms with van der Waals surface area (Å²) in [5.41, 5.74) is 6.64. The minimum atomic E-state index is -3.59. The number of sulfonamides is 1. The Balaban J connectivity index is 1.37. The van der Waals surface area contributed by atoms with Crippen LogP contribution in [-0.2, 0) is 14.8 Å². The second kappa shape index (κ2) is 9.09. The Labute approximate surface area is 219 Å². The average molecular weight is 531 g/mol.